The molecule has 0 fully saturated rings. The minimum Gasteiger partial charge on any atom is -0.492 e. The number of hydrogen-bond donors (Lipinski definition) is 3. The van der Waals surface area contributed by atoms with Gasteiger partial charge in [0.15, 0.2) is 0 Å². The van der Waals surface area contributed by atoms with Crippen LogP contribution < -0.4 is 15.2 Å². The van der Waals surface area contributed by atoms with E-state index in [0.717, 1.165) is 18.4 Å². The van der Waals surface area contributed by atoms with Crippen LogP contribution in [0, 0.1) is 0 Å². The van der Waals surface area contributed by atoms with Gasteiger partial charge in [-0.15, -0.1) is 0 Å². The molecule has 1 aliphatic rings. The Hall–Kier alpha value is -1.31. The summed E-state index contributed by atoms with van der Waals surface area (Å²) in [7, 11) is -3.73. The molecular weight excluding hydrogens is 268 g/mol. The zero-order chi connectivity index (χ0) is 14.0. The van der Waals surface area contributed by atoms with Crippen molar-refractivity contribution in [3.63, 3.8) is 0 Å². The fourth-order valence-electron chi connectivity index (χ4n) is 1.98. The van der Waals surface area contributed by atoms with Gasteiger partial charge >= 0.3 is 0 Å². The van der Waals surface area contributed by atoms with Crippen LogP contribution in [0.25, 0.3) is 0 Å². The molecule has 19 heavy (non-hydrogen) atoms. The second kappa shape index (κ2) is 5.36. The first-order valence-corrected chi connectivity index (χ1v) is 7.61. The molecule has 1 aliphatic heterocycles. The highest BCUT2D eigenvalue weighted by molar-refractivity contribution is 7.89. The van der Waals surface area contributed by atoms with Crippen LogP contribution in [0.2, 0.25) is 0 Å². The Morgan fingerprint density at radius 3 is 2.95 bits per heavy atom. The van der Waals surface area contributed by atoms with E-state index in [1.165, 1.54) is 13.0 Å². The van der Waals surface area contributed by atoms with Gasteiger partial charge in [-0.3, -0.25) is 0 Å². The summed E-state index contributed by atoms with van der Waals surface area (Å²) < 4.78 is 32.2. The molecule has 0 saturated heterocycles. The van der Waals surface area contributed by atoms with Crippen LogP contribution in [0.4, 0.5) is 5.69 Å². The van der Waals surface area contributed by atoms with E-state index in [4.69, 9.17) is 10.5 Å². The van der Waals surface area contributed by atoms with E-state index < -0.39 is 16.1 Å². The molecule has 1 atom stereocenters. The van der Waals surface area contributed by atoms with E-state index in [2.05, 4.69) is 4.72 Å². The first-order chi connectivity index (χ1) is 8.90. The molecule has 0 bridgehead atoms. The third-order valence-electron chi connectivity index (χ3n) is 2.85. The maximum Gasteiger partial charge on any atom is 0.244 e. The van der Waals surface area contributed by atoms with Crippen LogP contribution in [0.3, 0.4) is 0 Å². The number of fused-ring (bicyclic) bond motifs is 1. The van der Waals surface area contributed by atoms with Crippen LogP contribution in [-0.2, 0) is 16.4 Å². The lowest BCUT2D eigenvalue weighted by Crippen LogP contribution is -2.31. The van der Waals surface area contributed by atoms with Crippen molar-refractivity contribution in [3.8, 4) is 5.75 Å². The fourth-order valence-corrected chi connectivity index (χ4v) is 3.32. The Morgan fingerprint density at radius 1 is 1.53 bits per heavy atom. The standard InChI is InChI=1S/C12H18N2O4S/c1-8(15)7-14-19(16,17)11-6-10(13)5-9-3-2-4-18-12(9)11/h5-6,8,14-15H,2-4,7,13H2,1H3/t8-/m1/s1. The molecule has 1 heterocycles. The van der Waals surface area contributed by atoms with Gasteiger partial charge in [-0.2, -0.15) is 0 Å². The van der Waals surface area contributed by atoms with E-state index in [-0.39, 0.29) is 11.4 Å². The highest BCUT2D eigenvalue weighted by atomic mass is 32.2. The van der Waals surface area contributed by atoms with Gasteiger partial charge in [0.2, 0.25) is 10.0 Å². The maximum absolute atomic E-state index is 12.2. The van der Waals surface area contributed by atoms with Gasteiger partial charge < -0.3 is 15.6 Å². The van der Waals surface area contributed by atoms with Crippen LogP contribution in [0.1, 0.15) is 18.9 Å². The average molecular weight is 286 g/mol. The molecule has 0 saturated carbocycles. The summed E-state index contributed by atoms with van der Waals surface area (Å²) in [5, 5.41) is 9.17. The lowest BCUT2D eigenvalue weighted by atomic mass is 10.1. The van der Waals surface area contributed by atoms with Crippen molar-refractivity contribution in [1.82, 2.24) is 4.72 Å². The summed E-state index contributed by atoms with van der Waals surface area (Å²) in [5.41, 5.74) is 6.94. The quantitative estimate of drug-likeness (QED) is 0.689. The molecular formula is C12H18N2O4S. The first-order valence-electron chi connectivity index (χ1n) is 6.13. The lowest BCUT2D eigenvalue weighted by Gasteiger charge is -2.21. The average Bonchev–Trinajstić information content (AvgIpc) is 2.35. The van der Waals surface area contributed by atoms with Gasteiger partial charge in [0, 0.05) is 12.2 Å². The summed E-state index contributed by atoms with van der Waals surface area (Å²) in [6, 6.07) is 3.12. The minimum absolute atomic E-state index is 0.0443. The number of benzene rings is 1. The molecule has 1 aromatic carbocycles. The number of ether oxygens (including phenoxy) is 1. The number of nitrogens with one attached hydrogen (secondary N) is 1. The van der Waals surface area contributed by atoms with Gasteiger partial charge in [0.25, 0.3) is 0 Å². The number of aliphatic hydroxyl groups excluding tert-OH is 1. The summed E-state index contributed by atoms with van der Waals surface area (Å²) in [4.78, 5) is 0.0443. The van der Waals surface area contributed by atoms with Crippen LogP contribution >= 0.6 is 0 Å². The molecule has 0 unspecified atom stereocenters. The summed E-state index contributed by atoms with van der Waals surface area (Å²) >= 11 is 0. The molecule has 0 radical (unpaired) electrons. The van der Waals surface area contributed by atoms with Crippen LogP contribution in [0.15, 0.2) is 17.0 Å². The van der Waals surface area contributed by atoms with Crippen molar-refractivity contribution < 1.29 is 18.3 Å². The van der Waals surface area contributed by atoms with Crippen LogP contribution in [0.5, 0.6) is 5.75 Å². The smallest absolute Gasteiger partial charge is 0.244 e. The molecule has 6 nitrogen and oxygen atoms in total. The van der Waals surface area contributed by atoms with Crippen LogP contribution in [-0.4, -0.2) is 32.8 Å². The van der Waals surface area contributed by atoms with E-state index in [0.29, 0.717) is 18.0 Å². The number of rotatable bonds is 4. The third kappa shape index (κ3) is 3.17. The molecule has 0 amide bonds. The SMILES string of the molecule is C[C@@H](O)CNS(=O)(=O)c1cc(N)cc2c1OCCC2. The number of aliphatic hydroxyl groups is 1. The van der Waals surface area contributed by atoms with Crippen molar-refractivity contribution in [2.24, 2.45) is 0 Å². The maximum atomic E-state index is 12.2. The number of hydrogen-bond acceptors (Lipinski definition) is 5. The lowest BCUT2D eigenvalue weighted by molar-refractivity contribution is 0.198. The molecule has 0 aliphatic carbocycles. The first kappa shape index (κ1) is 14.1. The predicted molar refractivity (Wildman–Crippen MR) is 71.5 cm³/mol. The molecule has 0 aromatic heterocycles. The summed E-state index contributed by atoms with van der Waals surface area (Å²) in [6.45, 7) is 1.95. The number of nitrogen functional groups attached to an aromatic ring is 1. The zero-order valence-corrected chi connectivity index (χ0v) is 11.5. The molecule has 1 aromatic rings. The van der Waals surface area contributed by atoms with Gasteiger partial charge in [-0.25, -0.2) is 13.1 Å². The number of nitrogens with two attached hydrogens (primary N) is 1. The van der Waals surface area contributed by atoms with Crippen molar-refractivity contribution in [2.75, 3.05) is 18.9 Å². The van der Waals surface area contributed by atoms with E-state index in [1.807, 2.05) is 0 Å². The number of aryl methyl sites for hydroxylation is 1. The topological polar surface area (TPSA) is 102 Å². The highest BCUT2D eigenvalue weighted by Gasteiger charge is 2.25. The Labute approximate surface area is 112 Å². The van der Waals surface area contributed by atoms with E-state index in [1.54, 1.807) is 6.07 Å². The van der Waals surface area contributed by atoms with Gasteiger partial charge in [-0.05, 0) is 37.5 Å². The summed E-state index contributed by atoms with van der Waals surface area (Å²) in [6.07, 6.45) is 0.837. The Kier molecular flexibility index (Phi) is 3.98. The second-order valence-electron chi connectivity index (χ2n) is 4.66. The molecule has 0 spiro atoms. The minimum atomic E-state index is -3.73. The van der Waals surface area contributed by atoms with Crippen molar-refractivity contribution in [2.45, 2.75) is 30.8 Å². The summed E-state index contributed by atoms with van der Waals surface area (Å²) in [5.74, 6) is 0.374. The molecule has 106 valence electrons. The van der Waals surface area contributed by atoms with Gasteiger partial charge in [0.1, 0.15) is 10.6 Å². The third-order valence-corrected chi connectivity index (χ3v) is 4.28. The largest absolute Gasteiger partial charge is 0.492 e. The van der Waals surface area contributed by atoms with Gasteiger partial charge in [0.05, 0.1) is 12.7 Å². The molecule has 7 heteroatoms. The van der Waals surface area contributed by atoms with Crippen molar-refractivity contribution in [3.05, 3.63) is 17.7 Å². The number of sulfonamides is 1. The van der Waals surface area contributed by atoms with Crippen molar-refractivity contribution in [1.29, 1.82) is 0 Å². The fraction of sp³-hybridized carbons (Fsp3) is 0.500. The highest BCUT2D eigenvalue weighted by Crippen LogP contribution is 2.34. The van der Waals surface area contributed by atoms with E-state index >= 15 is 0 Å². The monoisotopic (exact) mass is 286 g/mol. The normalized spacial score (nSPS) is 16.5. The Bertz CT molecular complexity index is 569. The zero-order valence-electron chi connectivity index (χ0n) is 10.7. The van der Waals surface area contributed by atoms with Gasteiger partial charge in [-0.1, -0.05) is 0 Å². The van der Waals surface area contributed by atoms with E-state index in [9.17, 15) is 13.5 Å². The Balaban J connectivity index is 2.41. The number of anilines is 1. The molecule has 4 N–H and O–H groups in total. The molecule has 2 rings (SSSR count). The van der Waals surface area contributed by atoms with Crippen molar-refractivity contribution >= 4 is 15.7 Å². The predicted octanol–water partition coefficient (Wildman–Crippen LogP) is 0.253. The Morgan fingerprint density at radius 2 is 2.26 bits per heavy atom. The second-order valence-corrected chi connectivity index (χ2v) is 6.40.